The van der Waals surface area contributed by atoms with Gasteiger partial charge in [-0.15, -0.1) is 10.2 Å². The van der Waals surface area contributed by atoms with Crippen LogP contribution in [-0.4, -0.2) is 38.0 Å². The van der Waals surface area contributed by atoms with E-state index < -0.39 is 4.92 Å². The zero-order valence-electron chi connectivity index (χ0n) is 15.9. The molecule has 0 fully saturated rings. The number of carbonyl (C=O) groups excluding carboxylic acids is 1. The molecule has 0 aliphatic rings. The fourth-order valence-corrected chi connectivity index (χ4v) is 3.33. The number of hydrogen-bond acceptors (Lipinski definition) is 7. The quantitative estimate of drug-likeness (QED) is 0.341. The van der Waals surface area contributed by atoms with E-state index in [9.17, 15) is 14.9 Å². The number of carbonyl (C=O) groups is 1. The molecule has 0 radical (unpaired) electrons. The summed E-state index contributed by atoms with van der Waals surface area (Å²) in [5.74, 6) is 0.715. The molecule has 0 spiro atoms. The third-order valence-electron chi connectivity index (χ3n) is 3.95. The molecule has 0 saturated carbocycles. The van der Waals surface area contributed by atoms with Gasteiger partial charge >= 0.3 is 0 Å². The number of ether oxygens (including phenoxy) is 1. The zero-order valence-corrected chi connectivity index (χ0v) is 16.7. The van der Waals surface area contributed by atoms with Gasteiger partial charge in [-0.1, -0.05) is 42.1 Å². The van der Waals surface area contributed by atoms with Gasteiger partial charge in [0.25, 0.3) is 5.69 Å². The highest BCUT2D eigenvalue weighted by atomic mass is 32.2. The zero-order chi connectivity index (χ0) is 20.8. The lowest BCUT2D eigenvalue weighted by molar-refractivity contribution is -0.384. The van der Waals surface area contributed by atoms with Crippen LogP contribution < -0.4 is 10.1 Å². The molecule has 1 amide bonds. The lowest BCUT2D eigenvalue weighted by Crippen LogP contribution is -2.15. The summed E-state index contributed by atoms with van der Waals surface area (Å²) in [5.41, 5.74) is 0.815. The van der Waals surface area contributed by atoms with Crippen LogP contribution in [-0.2, 0) is 11.8 Å². The largest absolute Gasteiger partial charge is 0.494 e. The molecule has 9 nitrogen and oxygen atoms in total. The van der Waals surface area contributed by atoms with Gasteiger partial charge in [0.15, 0.2) is 11.0 Å². The van der Waals surface area contributed by atoms with Crippen molar-refractivity contribution in [3.8, 4) is 17.1 Å². The highest BCUT2D eigenvalue weighted by Crippen LogP contribution is 2.29. The van der Waals surface area contributed by atoms with Crippen LogP contribution in [0.2, 0.25) is 0 Å². The summed E-state index contributed by atoms with van der Waals surface area (Å²) in [4.78, 5) is 23.1. The monoisotopic (exact) mass is 413 g/mol. The number of benzene rings is 2. The molecule has 2 aromatic carbocycles. The molecule has 29 heavy (non-hydrogen) atoms. The van der Waals surface area contributed by atoms with Crippen molar-refractivity contribution in [2.75, 3.05) is 17.7 Å². The highest BCUT2D eigenvalue weighted by Gasteiger charge is 2.18. The van der Waals surface area contributed by atoms with Crippen LogP contribution in [0.3, 0.4) is 0 Å². The van der Waals surface area contributed by atoms with E-state index in [1.54, 1.807) is 17.6 Å². The van der Waals surface area contributed by atoms with Crippen molar-refractivity contribution in [2.24, 2.45) is 7.05 Å². The van der Waals surface area contributed by atoms with Gasteiger partial charge in [-0.05, 0) is 19.1 Å². The van der Waals surface area contributed by atoms with Crippen LogP contribution in [0.15, 0.2) is 53.7 Å². The average molecular weight is 413 g/mol. The standard InChI is InChI=1S/C19H19N5O4S/c1-3-28-14-9-10-15(16(11-14)24(26)27)20-17(25)12-29-19-22-21-18(23(19)2)13-7-5-4-6-8-13/h4-11H,3,12H2,1-2H3,(H,20,25). The van der Waals surface area contributed by atoms with Gasteiger partial charge in [-0.2, -0.15) is 0 Å². The van der Waals surface area contributed by atoms with Gasteiger partial charge in [0.1, 0.15) is 11.4 Å². The normalized spacial score (nSPS) is 10.6. The number of hydrogen-bond donors (Lipinski definition) is 1. The van der Waals surface area contributed by atoms with Crippen molar-refractivity contribution in [3.05, 3.63) is 58.6 Å². The minimum atomic E-state index is -0.555. The van der Waals surface area contributed by atoms with Crippen molar-refractivity contribution in [1.82, 2.24) is 14.8 Å². The summed E-state index contributed by atoms with van der Waals surface area (Å²) in [6, 6.07) is 13.9. The maximum atomic E-state index is 12.3. The molecular formula is C19H19N5O4S. The molecule has 1 N–H and O–H groups in total. The molecule has 10 heteroatoms. The topological polar surface area (TPSA) is 112 Å². The number of rotatable bonds is 8. The van der Waals surface area contributed by atoms with E-state index in [1.807, 2.05) is 37.4 Å². The van der Waals surface area contributed by atoms with Crippen molar-refractivity contribution in [2.45, 2.75) is 12.1 Å². The highest BCUT2D eigenvalue weighted by molar-refractivity contribution is 7.99. The lowest BCUT2D eigenvalue weighted by Gasteiger charge is -2.08. The molecule has 0 unspecified atom stereocenters. The van der Waals surface area contributed by atoms with Crippen molar-refractivity contribution in [1.29, 1.82) is 0 Å². The lowest BCUT2D eigenvalue weighted by atomic mass is 10.2. The molecular weight excluding hydrogens is 394 g/mol. The summed E-state index contributed by atoms with van der Waals surface area (Å²) in [5, 5.41) is 22.7. The Kier molecular flexibility index (Phi) is 6.45. The van der Waals surface area contributed by atoms with E-state index in [0.29, 0.717) is 23.3 Å². The van der Waals surface area contributed by atoms with E-state index in [1.165, 1.54) is 23.9 Å². The van der Waals surface area contributed by atoms with Crippen LogP contribution in [0.4, 0.5) is 11.4 Å². The third kappa shape index (κ3) is 4.91. The first-order chi connectivity index (χ1) is 14.0. The smallest absolute Gasteiger partial charge is 0.296 e. The Balaban J connectivity index is 1.67. The number of thioether (sulfide) groups is 1. The predicted molar refractivity (Wildman–Crippen MR) is 110 cm³/mol. The fourth-order valence-electron chi connectivity index (χ4n) is 2.62. The second kappa shape index (κ2) is 9.20. The van der Waals surface area contributed by atoms with Crippen molar-refractivity contribution < 1.29 is 14.5 Å². The second-order valence-corrected chi connectivity index (χ2v) is 6.88. The maximum Gasteiger partial charge on any atom is 0.296 e. The third-order valence-corrected chi connectivity index (χ3v) is 4.97. The summed E-state index contributed by atoms with van der Waals surface area (Å²) in [6.07, 6.45) is 0. The molecule has 0 bridgehead atoms. The van der Waals surface area contributed by atoms with E-state index in [0.717, 1.165) is 5.56 Å². The number of anilines is 1. The van der Waals surface area contributed by atoms with E-state index in [-0.39, 0.29) is 23.0 Å². The van der Waals surface area contributed by atoms with E-state index in [4.69, 9.17) is 4.74 Å². The summed E-state index contributed by atoms with van der Waals surface area (Å²) < 4.78 is 7.07. The van der Waals surface area contributed by atoms with Gasteiger partial charge in [0.05, 0.1) is 23.3 Å². The van der Waals surface area contributed by atoms with Crippen molar-refractivity contribution >= 4 is 29.0 Å². The molecule has 1 heterocycles. The van der Waals surface area contributed by atoms with Crippen LogP contribution >= 0.6 is 11.8 Å². The Bertz CT molecular complexity index is 1020. The van der Waals surface area contributed by atoms with Crippen molar-refractivity contribution in [3.63, 3.8) is 0 Å². The summed E-state index contributed by atoms with van der Waals surface area (Å²) >= 11 is 1.20. The van der Waals surface area contributed by atoms with Crippen LogP contribution in [0.1, 0.15) is 6.92 Å². The Morgan fingerprint density at radius 1 is 1.24 bits per heavy atom. The molecule has 0 aliphatic heterocycles. The summed E-state index contributed by atoms with van der Waals surface area (Å²) in [6.45, 7) is 2.18. The number of nitrogens with zero attached hydrogens (tertiary/aromatic N) is 4. The minimum Gasteiger partial charge on any atom is -0.494 e. The number of nitro benzene ring substituents is 1. The number of aromatic nitrogens is 3. The minimum absolute atomic E-state index is 0.0329. The Morgan fingerprint density at radius 3 is 2.69 bits per heavy atom. The summed E-state index contributed by atoms with van der Waals surface area (Å²) in [7, 11) is 1.82. The van der Waals surface area contributed by atoms with Gasteiger partial charge in [0.2, 0.25) is 5.91 Å². The molecule has 1 aromatic heterocycles. The van der Waals surface area contributed by atoms with E-state index >= 15 is 0 Å². The first-order valence-corrected chi connectivity index (χ1v) is 9.77. The Hall–Kier alpha value is -3.40. The maximum absolute atomic E-state index is 12.3. The van der Waals surface area contributed by atoms with Gasteiger partial charge in [-0.25, -0.2) is 0 Å². The van der Waals surface area contributed by atoms with Crippen LogP contribution in [0, 0.1) is 10.1 Å². The first kappa shape index (κ1) is 20.3. The Morgan fingerprint density at radius 2 is 2.00 bits per heavy atom. The molecule has 150 valence electrons. The number of nitro groups is 1. The first-order valence-electron chi connectivity index (χ1n) is 8.78. The molecule has 3 aromatic rings. The second-order valence-electron chi connectivity index (χ2n) is 5.94. The van der Waals surface area contributed by atoms with Crippen LogP contribution in [0.5, 0.6) is 5.75 Å². The van der Waals surface area contributed by atoms with Gasteiger partial charge in [0, 0.05) is 12.6 Å². The predicted octanol–water partition coefficient (Wildman–Crippen LogP) is 3.52. The van der Waals surface area contributed by atoms with E-state index in [2.05, 4.69) is 15.5 Å². The Labute approximate surface area is 171 Å². The molecule has 0 saturated heterocycles. The number of amides is 1. The molecule has 0 atom stereocenters. The van der Waals surface area contributed by atoms with Gasteiger partial charge in [-0.3, -0.25) is 14.9 Å². The van der Waals surface area contributed by atoms with Crippen LogP contribution in [0.25, 0.3) is 11.4 Å². The fraction of sp³-hybridized carbons (Fsp3) is 0.211. The average Bonchev–Trinajstić information content (AvgIpc) is 3.08. The number of nitrogens with one attached hydrogen (secondary N) is 1. The van der Waals surface area contributed by atoms with Gasteiger partial charge < -0.3 is 14.6 Å². The molecule has 0 aliphatic carbocycles. The molecule has 3 rings (SSSR count). The SMILES string of the molecule is CCOc1ccc(NC(=O)CSc2nnc(-c3ccccc3)n2C)c([N+](=O)[O-])c1.